The van der Waals surface area contributed by atoms with Gasteiger partial charge < -0.3 is 10.8 Å². The van der Waals surface area contributed by atoms with Crippen LogP contribution < -0.4 is 5.73 Å². The monoisotopic (exact) mass is 228 g/mol. The third-order valence-corrected chi connectivity index (χ3v) is 3.19. The molecule has 86 valence electrons. The molecule has 0 saturated heterocycles. The first-order chi connectivity index (χ1) is 7.33. The lowest BCUT2D eigenvalue weighted by molar-refractivity contribution is 0.153. The Kier molecular flexibility index (Phi) is 5.86. The fourth-order valence-corrected chi connectivity index (χ4v) is 2.51. The molecule has 0 aliphatic heterocycles. The second-order valence-electron chi connectivity index (χ2n) is 3.57. The molecule has 0 aliphatic rings. The molecule has 0 spiro atoms. The first-order valence-corrected chi connectivity index (χ1v) is 6.34. The van der Waals surface area contributed by atoms with Gasteiger partial charge in [0.05, 0.1) is 6.61 Å². The molecule has 3 nitrogen and oxygen atoms in total. The van der Waals surface area contributed by atoms with Gasteiger partial charge in [-0.1, -0.05) is 6.92 Å². The lowest BCUT2D eigenvalue weighted by Crippen LogP contribution is -2.36. The van der Waals surface area contributed by atoms with Gasteiger partial charge in [0.2, 0.25) is 0 Å². The molecular weight excluding hydrogens is 208 g/mol. The minimum absolute atomic E-state index is 0.195. The van der Waals surface area contributed by atoms with Crippen molar-refractivity contribution in [3.05, 3.63) is 22.4 Å². The molecule has 4 heteroatoms. The number of nitrogens with zero attached hydrogens (tertiary/aromatic N) is 1. The standard InChI is InChI=1S/C11H20N2OS/c1-2-4-13(5-6-14)11(8-12)10-3-7-15-9-10/h3,7,9,11,14H,2,4-6,8,12H2,1H3. The van der Waals surface area contributed by atoms with E-state index in [2.05, 4.69) is 28.7 Å². The van der Waals surface area contributed by atoms with Gasteiger partial charge in [-0.25, -0.2) is 0 Å². The Morgan fingerprint density at radius 3 is 2.80 bits per heavy atom. The number of aliphatic hydroxyl groups excluding tert-OH is 1. The van der Waals surface area contributed by atoms with E-state index in [0.29, 0.717) is 13.1 Å². The van der Waals surface area contributed by atoms with Gasteiger partial charge in [-0.15, -0.1) is 0 Å². The Morgan fingerprint density at radius 2 is 2.33 bits per heavy atom. The Morgan fingerprint density at radius 1 is 1.53 bits per heavy atom. The van der Waals surface area contributed by atoms with Crippen LogP contribution in [-0.4, -0.2) is 36.2 Å². The van der Waals surface area contributed by atoms with Crippen LogP contribution in [-0.2, 0) is 0 Å². The van der Waals surface area contributed by atoms with Crippen LogP contribution >= 0.6 is 11.3 Å². The van der Waals surface area contributed by atoms with E-state index < -0.39 is 0 Å². The Bertz CT molecular complexity index is 245. The SMILES string of the molecule is CCCN(CCO)C(CN)c1ccsc1. The Hall–Kier alpha value is -0.420. The predicted octanol–water partition coefficient (Wildman–Crippen LogP) is 1.45. The van der Waals surface area contributed by atoms with E-state index >= 15 is 0 Å². The Labute approximate surface area is 95.5 Å². The number of nitrogens with two attached hydrogens (primary N) is 1. The third-order valence-electron chi connectivity index (χ3n) is 2.49. The molecule has 0 fully saturated rings. The van der Waals surface area contributed by atoms with Crippen molar-refractivity contribution >= 4 is 11.3 Å². The van der Waals surface area contributed by atoms with Crippen molar-refractivity contribution in [3.63, 3.8) is 0 Å². The van der Waals surface area contributed by atoms with E-state index in [1.165, 1.54) is 5.56 Å². The molecule has 1 aromatic heterocycles. The van der Waals surface area contributed by atoms with Gasteiger partial charge in [0, 0.05) is 19.1 Å². The first kappa shape index (κ1) is 12.6. The average molecular weight is 228 g/mol. The van der Waals surface area contributed by atoms with Crippen molar-refractivity contribution in [2.24, 2.45) is 5.73 Å². The molecule has 0 aliphatic carbocycles. The second-order valence-corrected chi connectivity index (χ2v) is 4.35. The highest BCUT2D eigenvalue weighted by Crippen LogP contribution is 2.21. The summed E-state index contributed by atoms with van der Waals surface area (Å²) in [6.07, 6.45) is 1.08. The van der Waals surface area contributed by atoms with Crippen LogP contribution in [0, 0.1) is 0 Å². The molecule has 15 heavy (non-hydrogen) atoms. The maximum absolute atomic E-state index is 9.03. The summed E-state index contributed by atoms with van der Waals surface area (Å²) in [7, 11) is 0. The lowest BCUT2D eigenvalue weighted by atomic mass is 10.1. The highest BCUT2D eigenvalue weighted by Gasteiger charge is 2.17. The van der Waals surface area contributed by atoms with E-state index in [-0.39, 0.29) is 12.6 Å². The maximum Gasteiger partial charge on any atom is 0.0558 e. The minimum atomic E-state index is 0.195. The summed E-state index contributed by atoms with van der Waals surface area (Å²) in [5.74, 6) is 0. The van der Waals surface area contributed by atoms with Crippen LogP contribution in [0.3, 0.4) is 0 Å². The summed E-state index contributed by atoms with van der Waals surface area (Å²) >= 11 is 1.69. The number of aliphatic hydroxyl groups is 1. The molecule has 1 atom stereocenters. The first-order valence-electron chi connectivity index (χ1n) is 5.40. The van der Waals surface area contributed by atoms with Crippen molar-refractivity contribution in [1.82, 2.24) is 4.90 Å². The fraction of sp³-hybridized carbons (Fsp3) is 0.636. The second kappa shape index (κ2) is 6.95. The molecule has 1 heterocycles. The lowest BCUT2D eigenvalue weighted by Gasteiger charge is -2.29. The quantitative estimate of drug-likeness (QED) is 0.742. The molecular formula is C11H20N2OS. The van der Waals surface area contributed by atoms with Gasteiger partial charge in [-0.05, 0) is 35.4 Å². The van der Waals surface area contributed by atoms with Crippen LogP contribution in [0.1, 0.15) is 24.9 Å². The summed E-state index contributed by atoms with van der Waals surface area (Å²) in [5.41, 5.74) is 7.07. The van der Waals surface area contributed by atoms with Crippen molar-refractivity contribution in [2.45, 2.75) is 19.4 Å². The maximum atomic E-state index is 9.03. The fourth-order valence-electron chi connectivity index (χ4n) is 1.80. The molecule has 0 aromatic carbocycles. The van der Waals surface area contributed by atoms with Crippen molar-refractivity contribution in [2.75, 3.05) is 26.2 Å². The summed E-state index contributed by atoms with van der Waals surface area (Å²) in [6, 6.07) is 2.37. The summed E-state index contributed by atoms with van der Waals surface area (Å²) in [6.45, 7) is 4.63. The van der Waals surface area contributed by atoms with Crippen molar-refractivity contribution < 1.29 is 5.11 Å². The molecule has 3 N–H and O–H groups in total. The molecule has 0 radical (unpaired) electrons. The summed E-state index contributed by atoms with van der Waals surface area (Å²) in [4.78, 5) is 2.25. The summed E-state index contributed by atoms with van der Waals surface area (Å²) < 4.78 is 0. The average Bonchev–Trinajstić information content (AvgIpc) is 2.73. The summed E-state index contributed by atoms with van der Waals surface area (Å²) in [5, 5.41) is 13.2. The van der Waals surface area contributed by atoms with Gasteiger partial charge >= 0.3 is 0 Å². The predicted molar refractivity (Wildman–Crippen MR) is 65.1 cm³/mol. The molecule has 0 amide bonds. The highest BCUT2D eigenvalue weighted by atomic mass is 32.1. The van der Waals surface area contributed by atoms with E-state index in [9.17, 15) is 0 Å². The van der Waals surface area contributed by atoms with Crippen LogP contribution in [0.4, 0.5) is 0 Å². The van der Waals surface area contributed by atoms with E-state index in [1.807, 2.05) is 0 Å². The molecule has 0 saturated carbocycles. The molecule has 1 unspecified atom stereocenters. The molecule has 1 rings (SSSR count). The number of rotatable bonds is 7. The van der Waals surface area contributed by atoms with E-state index in [4.69, 9.17) is 10.8 Å². The number of hydrogen-bond acceptors (Lipinski definition) is 4. The normalized spacial score (nSPS) is 13.3. The van der Waals surface area contributed by atoms with Crippen LogP contribution in [0.15, 0.2) is 16.8 Å². The smallest absolute Gasteiger partial charge is 0.0558 e. The van der Waals surface area contributed by atoms with Gasteiger partial charge in [-0.2, -0.15) is 11.3 Å². The van der Waals surface area contributed by atoms with Crippen molar-refractivity contribution in [3.8, 4) is 0 Å². The van der Waals surface area contributed by atoms with Gasteiger partial charge in [0.15, 0.2) is 0 Å². The van der Waals surface area contributed by atoms with Gasteiger partial charge in [0.25, 0.3) is 0 Å². The van der Waals surface area contributed by atoms with E-state index in [0.717, 1.165) is 13.0 Å². The highest BCUT2D eigenvalue weighted by molar-refractivity contribution is 7.07. The number of hydrogen-bond donors (Lipinski definition) is 2. The van der Waals surface area contributed by atoms with E-state index in [1.54, 1.807) is 11.3 Å². The zero-order valence-electron chi connectivity index (χ0n) is 9.22. The Balaban J connectivity index is 2.69. The topological polar surface area (TPSA) is 49.5 Å². The zero-order valence-corrected chi connectivity index (χ0v) is 10.0. The van der Waals surface area contributed by atoms with Crippen LogP contribution in [0.5, 0.6) is 0 Å². The zero-order chi connectivity index (χ0) is 11.1. The largest absolute Gasteiger partial charge is 0.395 e. The van der Waals surface area contributed by atoms with Crippen LogP contribution in [0.2, 0.25) is 0 Å². The van der Waals surface area contributed by atoms with Gasteiger partial charge in [-0.3, -0.25) is 4.90 Å². The van der Waals surface area contributed by atoms with Crippen molar-refractivity contribution in [1.29, 1.82) is 0 Å². The molecule has 1 aromatic rings. The minimum Gasteiger partial charge on any atom is -0.395 e. The third kappa shape index (κ3) is 3.57. The van der Waals surface area contributed by atoms with Crippen LogP contribution in [0.25, 0.3) is 0 Å². The number of thiophene rings is 1. The van der Waals surface area contributed by atoms with Gasteiger partial charge in [0.1, 0.15) is 0 Å². The molecule has 0 bridgehead atoms.